The second kappa shape index (κ2) is 9.55. The van der Waals surface area contributed by atoms with Gasteiger partial charge in [-0.25, -0.2) is 0 Å². The number of rotatable bonds is 8. The molecule has 3 aromatic rings. The van der Waals surface area contributed by atoms with Crippen LogP contribution < -0.4 is 10.1 Å². The molecule has 148 valence electrons. The van der Waals surface area contributed by atoms with Gasteiger partial charge < -0.3 is 15.2 Å². The number of nitrogens with one attached hydrogen (secondary N) is 1. The molecule has 0 spiro atoms. The lowest BCUT2D eigenvalue weighted by atomic mass is 10.0. The Kier molecular flexibility index (Phi) is 6.63. The molecule has 0 aliphatic carbocycles. The van der Waals surface area contributed by atoms with Crippen molar-refractivity contribution in [3.63, 3.8) is 0 Å². The Morgan fingerprint density at radius 1 is 0.931 bits per heavy atom. The molecule has 0 aliphatic rings. The van der Waals surface area contributed by atoms with Crippen molar-refractivity contribution in [1.29, 1.82) is 0 Å². The van der Waals surface area contributed by atoms with Crippen LogP contribution in [0.2, 0.25) is 0 Å². The van der Waals surface area contributed by atoms with Crippen LogP contribution in [0.4, 0.5) is 0 Å². The highest BCUT2D eigenvalue weighted by atomic mass is 16.5. The number of aliphatic carboxylic acids is 1. The van der Waals surface area contributed by atoms with E-state index < -0.39 is 5.97 Å². The van der Waals surface area contributed by atoms with Crippen molar-refractivity contribution in [1.82, 2.24) is 5.32 Å². The van der Waals surface area contributed by atoms with E-state index in [-0.39, 0.29) is 12.3 Å². The largest absolute Gasteiger partial charge is 0.481 e. The predicted octanol–water partition coefficient (Wildman–Crippen LogP) is 4.73. The minimum absolute atomic E-state index is 0.0984. The monoisotopic (exact) mass is 389 g/mol. The third-order valence-electron chi connectivity index (χ3n) is 4.55. The first-order valence-electron chi connectivity index (χ1n) is 9.42. The molecule has 0 unspecified atom stereocenters. The number of aryl methyl sites for hydroxylation is 2. The number of carboxylic acid groups (broad SMARTS) is 1. The third-order valence-corrected chi connectivity index (χ3v) is 4.55. The molecule has 0 bridgehead atoms. The van der Waals surface area contributed by atoms with Crippen molar-refractivity contribution in [3.05, 3.63) is 95.1 Å². The quantitative estimate of drug-likeness (QED) is 0.584. The first kappa shape index (κ1) is 20.1. The maximum absolute atomic E-state index is 12.4. The van der Waals surface area contributed by atoms with E-state index in [1.54, 1.807) is 24.3 Å². The predicted molar refractivity (Wildman–Crippen MR) is 111 cm³/mol. The van der Waals surface area contributed by atoms with Gasteiger partial charge in [0, 0.05) is 18.5 Å². The smallest absolute Gasteiger partial charge is 0.303 e. The number of carbonyl (C=O) groups excluding carboxylic acids is 1. The van der Waals surface area contributed by atoms with Gasteiger partial charge in [0.05, 0.1) is 0 Å². The number of amides is 1. The molecular weight excluding hydrogens is 366 g/mol. The zero-order chi connectivity index (χ0) is 20.6. The summed E-state index contributed by atoms with van der Waals surface area (Å²) in [5, 5.41) is 11.7. The molecule has 29 heavy (non-hydrogen) atoms. The Hall–Kier alpha value is -3.60. The summed E-state index contributed by atoms with van der Waals surface area (Å²) in [6.45, 7) is 2.39. The van der Waals surface area contributed by atoms with Gasteiger partial charge in [0.25, 0.3) is 5.91 Å². The Balaban J connectivity index is 1.64. The van der Waals surface area contributed by atoms with Crippen LogP contribution in [0.5, 0.6) is 11.5 Å². The van der Waals surface area contributed by atoms with Crippen LogP contribution >= 0.6 is 0 Å². The number of carboxylic acids is 1. The second-order valence-corrected chi connectivity index (χ2v) is 6.78. The number of hydrogen-bond acceptors (Lipinski definition) is 3. The van der Waals surface area contributed by atoms with Gasteiger partial charge >= 0.3 is 5.97 Å². The summed E-state index contributed by atoms with van der Waals surface area (Å²) in [6.07, 6.45) is 0.583. The van der Waals surface area contributed by atoms with Crippen molar-refractivity contribution in [2.24, 2.45) is 0 Å². The fraction of sp³-hybridized carbons (Fsp3) is 0.167. The minimum Gasteiger partial charge on any atom is -0.481 e. The van der Waals surface area contributed by atoms with Crippen LogP contribution in [0.25, 0.3) is 0 Å². The molecule has 0 heterocycles. The summed E-state index contributed by atoms with van der Waals surface area (Å²) in [4.78, 5) is 23.2. The van der Waals surface area contributed by atoms with E-state index in [4.69, 9.17) is 9.84 Å². The average molecular weight is 389 g/mol. The van der Waals surface area contributed by atoms with Crippen molar-refractivity contribution < 1.29 is 19.4 Å². The summed E-state index contributed by atoms with van der Waals surface area (Å²) < 4.78 is 5.90. The van der Waals surface area contributed by atoms with Crippen LogP contribution in [0, 0.1) is 6.92 Å². The molecule has 0 atom stereocenters. The normalized spacial score (nSPS) is 10.4. The Morgan fingerprint density at radius 3 is 2.41 bits per heavy atom. The molecule has 5 heteroatoms. The maximum Gasteiger partial charge on any atom is 0.303 e. The maximum atomic E-state index is 12.4. The fourth-order valence-corrected chi connectivity index (χ4v) is 2.97. The van der Waals surface area contributed by atoms with E-state index in [9.17, 15) is 9.59 Å². The van der Waals surface area contributed by atoms with Crippen molar-refractivity contribution in [2.75, 3.05) is 0 Å². The van der Waals surface area contributed by atoms with Crippen LogP contribution in [0.15, 0.2) is 72.8 Å². The van der Waals surface area contributed by atoms with Crippen LogP contribution in [0.1, 0.15) is 33.5 Å². The fourth-order valence-electron chi connectivity index (χ4n) is 2.97. The summed E-state index contributed by atoms with van der Waals surface area (Å²) in [7, 11) is 0. The van der Waals surface area contributed by atoms with Crippen molar-refractivity contribution in [2.45, 2.75) is 26.3 Å². The van der Waals surface area contributed by atoms with Gasteiger partial charge in [0.15, 0.2) is 0 Å². The highest BCUT2D eigenvalue weighted by molar-refractivity contribution is 5.94. The molecule has 3 rings (SSSR count). The summed E-state index contributed by atoms with van der Waals surface area (Å²) >= 11 is 0. The van der Waals surface area contributed by atoms with E-state index in [0.717, 1.165) is 16.7 Å². The first-order chi connectivity index (χ1) is 14.0. The summed E-state index contributed by atoms with van der Waals surface area (Å²) in [5.74, 6) is 0.227. The molecule has 0 fully saturated rings. The summed E-state index contributed by atoms with van der Waals surface area (Å²) in [6, 6.07) is 22.3. The molecule has 0 saturated carbocycles. The summed E-state index contributed by atoms with van der Waals surface area (Å²) in [5.41, 5.74) is 3.51. The third kappa shape index (κ3) is 5.94. The van der Waals surface area contributed by atoms with Gasteiger partial charge in [-0.2, -0.15) is 0 Å². The van der Waals surface area contributed by atoms with Gasteiger partial charge in [-0.1, -0.05) is 42.5 Å². The minimum atomic E-state index is -0.813. The Bertz CT molecular complexity index is 999. The first-order valence-corrected chi connectivity index (χ1v) is 9.42. The van der Waals surface area contributed by atoms with Gasteiger partial charge in [-0.05, 0) is 60.4 Å². The van der Waals surface area contributed by atoms with E-state index in [1.807, 2.05) is 55.5 Å². The Morgan fingerprint density at radius 2 is 1.69 bits per heavy atom. The van der Waals surface area contributed by atoms with E-state index in [2.05, 4.69) is 5.32 Å². The van der Waals surface area contributed by atoms with Crippen LogP contribution in [-0.2, 0) is 17.8 Å². The highest BCUT2D eigenvalue weighted by Gasteiger charge is 2.08. The second-order valence-electron chi connectivity index (χ2n) is 6.78. The number of ether oxygens (including phenoxy) is 1. The SMILES string of the molecule is Cc1cc(Oc2cccc(C(=O)NCc3ccccc3)c2)ccc1CCC(=O)O. The molecular formula is C24H23NO4. The number of hydrogen-bond donors (Lipinski definition) is 2. The van der Waals surface area contributed by atoms with Gasteiger partial charge in [0.2, 0.25) is 0 Å². The van der Waals surface area contributed by atoms with E-state index >= 15 is 0 Å². The molecule has 5 nitrogen and oxygen atoms in total. The average Bonchev–Trinajstić information content (AvgIpc) is 2.72. The van der Waals surface area contributed by atoms with E-state index in [1.165, 1.54) is 0 Å². The lowest BCUT2D eigenvalue weighted by Crippen LogP contribution is -2.22. The zero-order valence-corrected chi connectivity index (χ0v) is 16.2. The topological polar surface area (TPSA) is 75.6 Å². The molecule has 2 N–H and O–H groups in total. The number of benzene rings is 3. The van der Waals surface area contributed by atoms with Gasteiger partial charge in [0.1, 0.15) is 11.5 Å². The number of carbonyl (C=O) groups is 2. The van der Waals surface area contributed by atoms with Crippen LogP contribution in [0.3, 0.4) is 0 Å². The van der Waals surface area contributed by atoms with Crippen molar-refractivity contribution >= 4 is 11.9 Å². The van der Waals surface area contributed by atoms with Crippen molar-refractivity contribution in [3.8, 4) is 11.5 Å². The molecule has 0 aliphatic heterocycles. The van der Waals surface area contributed by atoms with Crippen LogP contribution in [-0.4, -0.2) is 17.0 Å². The van der Waals surface area contributed by atoms with Gasteiger partial charge in [-0.3, -0.25) is 9.59 Å². The molecule has 3 aromatic carbocycles. The lowest BCUT2D eigenvalue weighted by molar-refractivity contribution is -0.136. The molecule has 1 amide bonds. The van der Waals surface area contributed by atoms with E-state index in [0.29, 0.717) is 30.0 Å². The standard InChI is InChI=1S/C24H23NO4/c1-17-14-22(12-10-19(17)11-13-23(26)27)29-21-9-5-8-20(15-21)24(28)25-16-18-6-3-2-4-7-18/h2-10,12,14-15H,11,13,16H2,1H3,(H,25,28)(H,26,27). The highest BCUT2D eigenvalue weighted by Crippen LogP contribution is 2.25. The molecule has 0 saturated heterocycles. The molecule has 0 radical (unpaired) electrons. The van der Waals surface area contributed by atoms with Gasteiger partial charge in [-0.15, -0.1) is 0 Å². The lowest BCUT2D eigenvalue weighted by Gasteiger charge is -2.11. The Labute approximate surface area is 170 Å². The zero-order valence-electron chi connectivity index (χ0n) is 16.2. The molecule has 0 aromatic heterocycles.